The van der Waals surface area contributed by atoms with E-state index in [0.29, 0.717) is 18.8 Å². The largest absolute Gasteiger partial charge is 0.473 e. The quantitative estimate of drug-likeness (QED) is 0.885. The number of hydrogen-bond acceptors (Lipinski definition) is 4. The first-order chi connectivity index (χ1) is 11.0. The Balaban J connectivity index is 1.85. The van der Waals surface area contributed by atoms with Crippen LogP contribution in [0.5, 0.6) is 5.75 Å². The molecule has 5 nitrogen and oxygen atoms in total. The maximum Gasteiger partial charge on any atom is 0.221 e. The summed E-state index contributed by atoms with van der Waals surface area (Å²) in [6, 6.07) is 13.1. The Morgan fingerprint density at radius 3 is 2.70 bits per heavy atom. The van der Waals surface area contributed by atoms with Crippen molar-refractivity contribution in [3.63, 3.8) is 0 Å². The van der Waals surface area contributed by atoms with Gasteiger partial charge < -0.3 is 15.0 Å². The molecule has 2 aromatic carbocycles. The number of carbonyl (C=O) groups excluding carboxylic acids is 2. The number of hydrogen-bond donors (Lipinski definition) is 1. The van der Waals surface area contributed by atoms with Gasteiger partial charge in [0.25, 0.3) is 0 Å². The van der Waals surface area contributed by atoms with Crippen LogP contribution in [0.1, 0.15) is 29.8 Å². The average molecular weight is 310 g/mol. The molecule has 0 atom stereocenters. The minimum Gasteiger partial charge on any atom is -0.473 e. The minimum absolute atomic E-state index is 0.0399. The molecule has 0 bridgehead atoms. The number of ether oxygens (including phenoxy) is 1. The number of anilines is 2. The molecule has 0 saturated carbocycles. The van der Waals surface area contributed by atoms with Gasteiger partial charge in [-0.3, -0.25) is 9.59 Å². The van der Waals surface area contributed by atoms with Gasteiger partial charge in [-0.25, -0.2) is 0 Å². The second-order valence-electron chi connectivity index (χ2n) is 5.58. The van der Waals surface area contributed by atoms with E-state index < -0.39 is 0 Å². The molecule has 0 fully saturated rings. The Morgan fingerprint density at radius 1 is 1.13 bits per heavy atom. The van der Waals surface area contributed by atoms with Crippen LogP contribution in [0, 0.1) is 0 Å². The van der Waals surface area contributed by atoms with Gasteiger partial charge in [0.15, 0.2) is 12.5 Å². The zero-order valence-electron chi connectivity index (χ0n) is 13.1. The van der Waals surface area contributed by atoms with Gasteiger partial charge in [0.2, 0.25) is 5.91 Å². The molecule has 1 heterocycles. The van der Waals surface area contributed by atoms with E-state index in [9.17, 15) is 9.59 Å². The number of carbonyl (C=O) groups is 2. The van der Waals surface area contributed by atoms with Gasteiger partial charge >= 0.3 is 0 Å². The fourth-order valence-corrected chi connectivity index (χ4v) is 2.61. The Bertz CT molecular complexity index is 771. The second kappa shape index (κ2) is 6.12. The number of rotatable bonds is 3. The maximum atomic E-state index is 11.5. The number of Topliss-reactive ketones (excluding diaryl/α,β-unsaturated/α-hetero) is 1. The third-order valence-corrected chi connectivity index (χ3v) is 3.74. The number of nitrogens with one attached hydrogen (secondary N) is 1. The van der Waals surface area contributed by atoms with Gasteiger partial charge in [-0.15, -0.1) is 0 Å². The molecule has 5 heteroatoms. The summed E-state index contributed by atoms with van der Waals surface area (Å²) in [6.45, 7) is 4.12. The van der Waals surface area contributed by atoms with Crippen LogP contribution in [0.4, 0.5) is 11.4 Å². The van der Waals surface area contributed by atoms with Crippen LogP contribution in [-0.2, 0) is 11.3 Å². The van der Waals surface area contributed by atoms with Crippen LogP contribution in [0.3, 0.4) is 0 Å². The molecule has 0 spiro atoms. The maximum absolute atomic E-state index is 11.5. The first-order valence-electron chi connectivity index (χ1n) is 7.42. The van der Waals surface area contributed by atoms with E-state index in [2.05, 4.69) is 5.32 Å². The molecule has 1 aliphatic heterocycles. The SMILES string of the molecule is CC(=O)Nc1ccc2c(c1)CN(c1cccc(C(C)=O)c1)CO2. The second-order valence-corrected chi connectivity index (χ2v) is 5.58. The Morgan fingerprint density at radius 2 is 1.96 bits per heavy atom. The van der Waals surface area contributed by atoms with E-state index in [1.165, 1.54) is 6.92 Å². The van der Waals surface area contributed by atoms with E-state index in [1.54, 1.807) is 13.0 Å². The molecule has 0 radical (unpaired) electrons. The van der Waals surface area contributed by atoms with Crippen molar-refractivity contribution in [2.45, 2.75) is 20.4 Å². The van der Waals surface area contributed by atoms with Gasteiger partial charge in [0.05, 0.1) is 0 Å². The van der Waals surface area contributed by atoms with Crippen LogP contribution in [0.15, 0.2) is 42.5 Å². The Hall–Kier alpha value is -2.82. The standard InChI is InChI=1S/C18H18N2O3/c1-12(21)14-4-3-5-17(9-14)20-10-15-8-16(19-13(2)22)6-7-18(15)23-11-20/h3-9H,10-11H2,1-2H3,(H,19,22). The summed E-state index contributed by atoms with van der Waals surface area (Å²) in [6.07, 6.45) is 0. The first kappa shape index (κ1) is 15.1. The third kappa shape index (κ3) is 3.34. The van der Waals surface area contributed by atoms with Crippen molar-refractivity contribution in [3.05, 3.63) is 53.6 Å². The molecule has 2 aromatic rings. The molecule has 23 heavy (non-hydrogen) atoms. The highest BCUT2D eigenvalue weighted by molar-refractivity contribution is 5.95. The Kier molecular flexibility index (Phi) is 4.02. The number of amides is 1. The molecular weight excluding hydrogens is 292 g/mol. The van der Waals surface area contributed by atoms with Crippen LogP contribution in [0.25, 0.3) is 0 Å². The van der Waals surface area contributed by atoms with Crippen molar-refractivity contribution in [1.29, 1.82) is 0 Å². The average Bonchev–Trinajstić information content (AvgIpc) is 2.53. The van der Waals surface area contributed by atoms with E-state index in [-0.39, 0.29) is 11.7 Å². The molecular formula is C18H18N2O3. The summed E-state index contributed by atoms with van der Waals surface area (Å²) in [4.78, 5) is 24.8. The number of fused-ring (bicyclic) bond motifs is 1. The smallest absolute Gasteiger partial charge is 0.221 e. The highest BCUT2D eigenvalue weighted by Gasteiger charge is 2.18. The van der Waals surface area contributed by atoms with Gasteiger partial charge in [0.1, 0.15) is 5.75 Å². The third-order valence-electron chi connectivity index (χ3n) is 3.74. The fraction of sp³-hybridized carbons (Fsp3) is 0.222. The number of nitrogens with zero attached hydrogens (tertiary/aromatic N) is 1. The molecule has 1 aliphatic rings. The molecule has 3 rings (SSSR count). The van der Waals surface area contributed by atoms with Gasteiger partial charge in [-0.05, 0) is 37.3 Å². The summed E-state index contributed by atoms with van der Waals surface area (Å²) >= 11 is 0. The van der Waals surface area contributed by atoms with E-state index in [4.69, 9.17) is 4.74 Å². The lowest BCUT2D eigenvalue weighted by molar-refractivity contribution is -0.114. The first-order valence-corrected chi connectivity index (χ1v) is 7.42. The molecule has 0 aliphatic carbocycles. The van der Waals surface area contributed by atoms with E-state index >= 15 is 0 Å². The van der Waals surface area contributed by atoms with Crippen molar-refractivity contribution < 1.29 is 14.3 Å². The monoisotopic (exact) mass is 310 g/mol. The van der Waals surface area contributed by atoms with Crippen molar-refractivity contribution in [3.8, 4) is 5.75 Å². The summed E-state index contributed by atoms with van der Waals surface area (Å²) in [7, 11) is 0. The normalized spacial score (nSPS) is 13.0. The lowest BCUT2D eigenvalue weighted by Crippen LogP contribution is -2.32. The number of benzene rings is 2. The van der Waals surface area contributed by atoms with Crippen molar-refractivity contribution in [2.75, 3.05) is 16.9 Å². The molecule has 0 aromatic heterocycles. The molecule has 0 unspecified atom stereocenters. The lowest BCUT2D eigenvalue weighted by Gasteiger charge is -2.31. The van der Waals surface area contributed by atoms with Crippen molar-refractivity contribution in [1.82, 2.24) is 0 Å². The zero-order valence-corrected chi connectivity index (χ0v) is 13.1. The van der Waals surface area contributed by atoms with Crippen molar-refractivity contribution in [2.24, 2.45) is 0 Å². The van der Waals surface area contributed by atoms with Crippen LogP contribution in [0.2, 0.25) is 0 Å². The zero-order chi connectivity index (χ0) is 16.4. The van der Waals surface area contributed by atoms with Crippen LogP contribution >= 0.6 is 0 Å². The molecule has 1 N–H and O–H groups in total. The lowest BCUT2D eigenvalue weighted by atomic mass is 10.1. The van der Waals surface area contributed by atoms with Gasteiger partial charge in [0, 0.05) is 36.0 Å². The summed E-state index contributed by atoms with van der Waals surface area (Å²) in [5.41, 5.74) is 3.36. The molecule has 118 valence electrons. The fourth-order valence-electron chi connectivity index (χ4n) is 2.61. The van der Waals surface area contributed by atoms with Gasteiger partial charge in [-0.1, -0.05) is 12.1 Å². The minimum atomic E-state index is -0.104. The summed E-state index contributed by atoms with van der Waals surface area (Å²) in [5.74, 6) is 0.754. The van der Waals surface area contributed by atoms with E-state index in [1.807, 2.05) is 41.3 Å². The molecule has 0 saturated heterocycles. The van der Waals surface area contributed by atoms with E-state index in [0.717, 1.165) is 22.7 Å². The predicted molar refractivity (Wildman–Crippen MR) is 88.9 cm³/mol. The molecule has 1 amide bonds. The summed E-state index contributed by atoms with van der Waals surface area (Å²) in [5, 5.41) is 2.78. The Labute approximate surface area is 134 Å². The summed E-state index contributed by atoms with van der Waals surface area (Å²) < 4.78 is 5.78. The highest BCUT2D eigenvalue weighted by Crippen LogP contribution is 2.30. The van der Waals surface area contributed by atoms with Crippen molar-refractivity contribution >= 4 is 23.1 Å². The number of ketones is 1. The van der Waals surface area contributed by atoms with Gasteiger partial charge in [-0.2, -0.15) is 0 Å². The highest BCUT2D eigenvalue weighted by atomic mass is 16.5. The van der Waals surface area contributed by atoms with Crippen LogP contribution < -0.4 is 15.0 Å². The topological polar surface area (TPSA) is 58.6 Å². The van der Waals surface area contributed by atoms with Crippen LogP contribution in [-0.4, -0.2) is 18.4 Å². The predicted octanol–water partition coefficient (Wildman–Crippen LogP) is 3.20.